The monoisotopic (exact) mass is 281 g/mol. The molecule has 0 aromatic heterocycles. The van der Waals surface area contributed by atoms with Gasteiger partial charge in [-0.3, -0.25) is 4.79 Å². The van der Waals surface area contributed by atoms with Gasteiger partial charge in [-0.15, -0.1) is 0 Å². The molecule has 108 valence electrons. The summed E-state index contributed by atoms with van der Waals surface area (Å²) in [6.45, 7) is 0.890. The number of ether oxygens (including phenoxy) is 1. The maximum Gasteiger partial charge on any atom is 0.324 e. The Labute approximate surface area is 124 Å². The summed E-state index contributed by atoms with van der Waals surface area (Å²) in [4.78, 5) is 12.3. The molecule has 1 aliphatic heterocycles. The second-order valence-electron chi connectivity index (χ2n) is 5.29. The van der Waals surface area contributed by atoms with Crippen molar-refractivity contribution in [2.75, 3.05) is 6.54 Å². The molecule has 1 fully saturated rings. The second kappa shape index (κ2) is 6.55. The minimum atomic E-state index is -0.345. The summed E-state index contributed by atoms with van der Waals surface area (Å²) >= 11 is 0. The molecule has 3 rings (SSSR count). The van der Waals surface area contributed by atoms with Gasteiger partial charge in [0.25, 0.3) is 0 Å². The van der Waals surface area contributed by atoms with Crippen molar-refractivity contribution in [3.05, 3.63) is 71.8 Å². The van der Waals surface area contributed by atoms with Gasteiger partial charge in [0.1, 0.15) is 6.04 Å². The van der Waals surface area contributed by atoms with Gasteiger partial charge < -0.3 is 10.1 Å². The fourth-order valence-electron chi connectivity index (χ4n) is 2.67. The van der Waals surface area contributed by atoms with Crippen molar-refractivity contribution >= 4 is 5.97 Å². The molecule has 1 heterocycles. The number of hydrogen-bond donors (Lipinski definition) is 1. The summed E-state index contributed by atoms with van der Waals surface area (Å²) in [7, 11) is 0. The van der Waals surface area contributed by atoms with Gasteiger partial charge in [0.15, 0.2) is 6.10 Å². The predicted molar refractivity (Wildman–Crippen MR) is 81.8 cm³/mol. The van der Waals surface area contributed by atoms with Crippen LogP contribution in [-0.4, -0.2) is 18.6 Å². The lowest BCUT2D eigenvalue weighted by molar-refractivity contribution is -0.149. The van der Waals surface area contributed by atoms with E-state index in [2.05, 4.69) is 5.32 Å². The van der Waals surface area contributed by atoms with Crippen LogP contribution in [-0.2, 0) is 9.53 Å². The van der Waals surface area contributed by atoms with Gasteiger partial charge in [0.05, 0.1) is 0 Å². The van der Waals surface area contributed by atoms with Gasteiger partial charge in [0, 0.05) is 0 Å². The van der Waals surface area contributed by atoms with Crippen LogP contribution in [0.25, 0.3) is 0 Å². The molecule has 0 amide bonds. The molecule has 21 heavy (non-hydrogen) atoms. The van der Waals surface area contributed by atoms with Crippen LogP contribution in [0.4, 0.5) is 0 Å². The van der Waals surface area contributed by atoms with E-state index in [9.17, 15) is 4.79 Å². The Bertz CT molecular complexity index is 537. The maximum absolute atomic E-state index is 12.3. The molecule has 3 heteroatoms. The van der Waals surface area contributed by atoms with E-state index in [0.29, 0.717) is 0 Å². The number of nitrogens with one attached hydrogen (secondary N) is 1. The molecule has 0 aliphatic carbocycles. The van der Waals surface area contributed by atoms with Crippen LogP contribution in [0.1, 0.15) is 30.1 Å². The maximum atomic E-state index is 12.3. The van der Waals surface area contributed by atoms with E-state index in [-0.39, 0.29) is 18.1 Å². The summed E-state index contributed by atoms with van der Waals surface area (Å²) in [5.41, 5.74) is 1.99. The molecule has 2 aromatic carbocycles. The second-order valence-corrected chi connectivity index (χ2v) is 5.29. The number of hydrogen-bond acceptors (Lipinski definition) is 3. The van der Waals surface area contributed by atoms with Crippen molar-refractivity contribution in [2.24, 2.45) is 0 Å². The average molecular weight is 281 g/mol. The smallest absolute Gasteiger partial charge is 0.324 e. The predicted octanol–water partition coefficient (Wildman–Crippen LogP) is 3.07. The quantitative estimate of drug-likeness (QED) is 0.875. The van der Waals surface area contributed by atoms with Crippen molar-refractivity contribution in [1.29, 1.82) is 0 Å². The third kappa shape index (κ3) is 3.31. The zero-order valence-corrected chi connectivity index (χ0v) is 11.9. The lowest BCUT2D eigenvalue weighted by Gasteiger charge is -2.21. The summed E-state index contributed by atoms with van der Waals surface area (Å²) in [5, 5.41) is 3.19. The third-order valence-corrected chi connectivity index (χ3v) is 3.78. The number of esters is 1. The molecule has 0 spiro atoms. The van der Waals surface area contributed by atoms with Gasteiger partial charge >= 0.3 is 5.97 Å². The minimum absolute atomic E-state index is 0.162. The lowest BCUT2D eigenvalue weighted by atomic mass is 10.0. The summed E-state index contributed by atoms with van der Waals surface area (Å²) < 4.78 is 5.81. The van der Waals surface area contributed by atoms with E-state index >= 15 is 0 Å². The Hall–Kier alpha value is -2.13. The van der Waals surface area contributed by atoms with E-state index < -0.39 is 0 Å². The Kier molecular flexibility index (Phi) is 4.31. The first kappa shape index (κ1) is 13.8. The number of carbonyl (C=O) groups excluding carboxylic acids is 1. The van der Waals surface area contributed by atoms with Gasteiger partial charge in [-0.2, -0.15) is 0 Å². The molecule has 0 radical (unpaired) electrons. The van der Waals surface area contributed by atoms with Gasteiger partial charge in [0.2, 0.25) is 0 Å². The molecule has 1 aliphatic rings. The molecule has 1 atom stereocenters. The van der Waals surface area contributed by atoms with Crippen LogP contribution in [0.15, 0.2) is 60.7 Å². The van der Waals surface area contributed by atoms with E-state index in [1.165, 1.54) is 0 Å². The van der Waals surface area contributed by atoms with Gasteiger partial charge in [-0.05, 0) is 30.5 Å². The third-order valence-electron chi connectivity index (χ3n) is 3.78. The highest BCUT2D eigenvalue weighted by Crippen LogP contribution is 2.26. The van der Waals surface area contributed by atoms with E-state index in [1.807, 2.05) is 60.7 Å². The number of rotatable bonds is 4. The zero-order chi connectivity index (χ0) is 14.5. The van der Waals surface area contributed by atoms with Crippen LogP contribution in [0.3, 0.4) is 0 Å². The van der Waals surface area contributed by atoms with Gasteiger partial charge in [-0.25, -0.2) is 0 Å². The number of carbonyl (C=O) groups is 1. The summed E-state index contributed by atoms with van der Waals surface area (Å²) in [5.74, 6) is -0.162. The normalized spacial score (nSPS) is 17.9. The van der Waals surface area contributed by atoms with E-state index in [4.69, 9.17) is 4.74 Å². The summed E-state index contributed by atoms with van der Waals surface area (Å²) in [6.07, 6.45) is 1.54. The molecule has 1 saturated heterocycles. The minimum Gasteiger partial charge on any atom is -0.451 e. The van der Waals surface area contributed by atoms with Crippen molar-refractivity contribution in [2.45, 2.75) is 25.0 Å². The first-order chi connectivity index (χ1) is 10.3. The zero-order valence-electron chi connectivity index (χ0n) is 11.9. The highest BCUT2D eigenvalue weighted by atomic mass is 16.5. The van der Waals surface area contributed by atoms with Crippen molar-refractivity contribution in [3.63, 3.8) is 0 Å². The van der Waals surface area contributed by atoms with Crippen LogP contribution in [0.5, 0.6) is 0 Å². The van der Waals surface area contributed by atoms with Gasteiger partial charge in [-0.1, -0.05) is 60.7 Å². The van der Waals surface area contributed by atoms with Crippen LogP contribution in [0, 0.1) is 0 Å². The van der Waals surface area contributed by atoms with Crippen molar-refractivity contribution in [1.82, 2.24) is 5.32 Å². The fraction of sp³-hybridized carbons (Fsp3) is 0.278. The molecule has 0 unspecified atom stereocenters. The topological polar surface area (TPSA) is 38.3 Å². The summed E-state index contributed by atoms with van der Waals surface area (Å²) in [6, 6.07) is 19.6. The first-order valence-corrected chi connectivity index (χ1v) is 7.38. The molecule has 2 aromatic rings. The standard InChI is InChI=1S/C18H19NO2/c20-18(16-12-7-13-19-16)21-17(14-8-3-1-4-9-14)15-10-5-2-6-11-15/h1-6,8-11,16-17,19H,7,12-13H2/t16-/m1/s1. The number of benzene rings is 2. The molecule has 0 saturated carbocycles. The fourth-order valence-corrected chi connectivity index (χ4v) is 2.67. The van der Waals surface area contributed by atoms with Crippen molar-refractivity contribution < 1.29 is 9.53 Å². The highest BCUT2D eigenvalue weighted by Gasteiger charge is 2.27. The lowest BCUT2D eigenvalue weighted by Crippen LogP contribution is -2.33. The Morgan fingerprint density at radius 1 is 1.00 bits per heavy atom. The largest absolute Gasteiger partial charge is 0.451 e. The molecule has 1 N–H and O–H groups in total. The Morgan fingerprint density at radius 3 is 2.05 bits per heavy atom. The Balaban J connectivity index is 1.84. The molecular weight excluding hydrogens is 262 g/mol. The average Bonchev–Trinajstić information content (AvgIpc) is 3.09. The van der Waals surface area contributed by atoms with E-state index in [0.717, 1.165) is 30.5 Å². The molecule has 0 bridgehead atoms. The highest BCUT2D eigenvalue weighted by molar-refractivity contribution is 5.76. The van der Waals surface area contributed by atoms with Crippen LogP contribution < -0.4 is 5.32 Å². The molecule has 3 nitrogen and oxygen atoms in total. The van der Waals surface area contributed by atoms with E-state index in [1.54, 1.807) is 0 Å². The van der Waals surface area contributed by atoms with Crippen LogP contribution >= 0.6 is 0 Å². The Morgan fingerprint density at radius 2 is 1.57 bits per heavy atom. The molecular formula is C18H19NO2. The SMILES string of the molecule is O=C(OC(c1ccccc1)c1ccccc1)[C@H]1CCCN1. The first-order valence-electron chi connectivity index (χ1n) is 7.38. The van der Waals surface area contributed by atoms with Crippen LogP contribution in [0.2, 0.25) is 0 Å². The van der Waals surface area contributed by atoms with Crippen molar-refractivity contribution in [3.8, 4) is 0 Å².